The number of anilines is 1. The molecule has 0 saturated heterocycles. The summed E-state index contributed by atoms with van der Waals surface area (Å²) in [5.74, 6) is -1.27. The number of benzene rings is 2. The van der Waals surface area contributed by atoms with E-state index < -0.39 is 27.3 Å². The van der Waals surface area contributed by atoms with Crippen LogP contribution in [0.4, 0.5) is 10.1 Å². The second-order valence-corrected chi connectivity index (χ2v) is 8.50. The minimum absolute atomic E-state index is 0.0182. The summed E-state index contributed by atoms with van der Waals surface area (Å²) in [6.07, 6.45) is 0. The maximum Gasteiger partial charge on any atom is 0.258 e. The zero-order valence-corrected chi connectivity index (χ0v) is 15.4. The number of amides is 1. The first-order valence-corrected chi connectivity index (χ1v) is 9.18. The van der Waals surface area contributed by atoms with Crippen LogP contribution >= 0.6 is 0 Å². The third-order valence-electron chi connectivity index (χ3n) is 3.21. The molecule has 0 unspecified atom stereocenters. The Bertz CT molecular complexity index is 903. The second-order valence-electron chi connectivity index (χ2n) is 6.82. The van der Waals surface area contributed by atoms with Gasteiger partial charge in [0.2, 0.25) is 10.0 Å². The number of carbonyl (C=O) groups excluding carboxylic acids is 1. The third kappa shape index (κ3) is 5.11. The van der Waals surface area contributed by atoms with Crippen LogP contribution < -0.4 is 10.0 Å². The average Bonchev–Trinajstić information content (AvgIpc) is 2.44. The summed E-state index contributed by atoms with van der Waals surface area (Å²) in [6.45, 7) is 6.92. The molecular formula is C18H21FN2O3S. The summed E-state index contributed by atoms with van der Waals surface area (Å²) >= 11 is 0. The number of rotatable bonds is 4. The maximum atomic E-state index is 13.9. The van der Waals surface area contributed by atoms with Gasteiger partial charge in [-0.2, -0.15) is 0 Å². The molecule has 0 saturated carbocycles. The topological polar surface area (TPSA) is 75.3 Å². The lowest BCUT2D eigenvalue weighted by Crippen LogP contribution is -2.40. The van der Waals surface area contributed by atoms with Crippen molar-refractivity contribution in [2.75, 3.05) is 5.32 Å². The van der Waals surface area contributed by atoms with Crippen LogP contribution in [0.3, 0.4) is 0 Å². The van der Waals surface area contributed by atoms with Crippen LogP contribution in [-0.2, 0) is 10.0 Å². The first kappa shape index (κ1) is 19.1. The number of carbonyl (C=O) groups is 1. The monoisotopic (exact) mass is 364 g/mol. The molecule has 0 bridgehead atoms. The Labute approximate surface area is 147 Å². The fourth-order valence-electron chi connectivity index (χ4n) is 2.21. The molecule has 0 aromatic heterocycles. The highest BCUT2D eigenvalue weighted by Gasteiger charge is 2.22. The van der Waals surface area contributed by atoms with E-state index in [2.05, 4.69) is 10.0 Å². The van der Waals surface area contributed by atoms with Crippen molar-refractivity contribution in [2.24, 2.45) is 0 Å². The molecule has 5 nitrogen and oxygen atoms in total. The number of halogens is 1. The summed E-state index contributed by atoms with van der Waals surface area (Å²) in [6, 6.07) is 10.1. The van der Waals surface area contributed by atoms with Crippen LogP contribution in [0, 0.1) is 12.7 Å². The summed E-state index contributed by atoms with van der Waals surface area (Å²) in [7, 11) is -3.73. The lowest BCUT2D eigenvalue weighted by molar-refractivity contribution is 0.102. The SMILES string of the molecule is Cc1ccc(C(=O)Nc2cccc(S(=O)(=O)NC(C)(C)C)c2)c(F)c1. The minimum Gasteiger partial charge on any atom is -0.322 e. The van der Waals surface area contributed by atoms with Crippen molar-refractivity contribution in [2.45, 2.75) is 38.1 Å². The van der Waals surface area contributed by atoms with Crippen molar-refractivity contribution in [3.05, 3.63) is 59.4 Å². The summed E-state index contributed by atoms with van der Waals surface area (Å²) in [5, 5.41) is 2.52. The molecular weight excluding hydrogens is 343 g/mol. The molecule has 0 spiro atoms. The van der Waals surface area contributed by atoms with E-state index in [1.54, 1.807) is 39.8 Å². The summed E-state index contributed by atoms with van der Waals surface area (Å²) in [5.41, 5.74) is 0.229. The Balaban J connectivity index is 2.26. The van der Waals surface area contributed by atoms with Gasteiger partial charge in [0.25, 0.3) is 5.91 Å². The van der Waals surface area contributed by atoms with Crippen molar-refractivity contribution in [3.63, 3.8) is 0 Å². The molecule has 134 valence electrons. The molecule has 0 aliphatic carbocycles. The number of hydrogen-bond donors (Lipinski definition) is 2. The van der Waals surface area contributed by atoms with Gasteiger partial charge in [-0.25, -0.2) is 17.5 Å². The molecule has 2 aromatic carbocycles. The van der Waals surface area contributed by atoms with Crippen molar-refractivity contribution >= 4 is 21.6 Å². The van der Waals surface area contributed by atoms with Crippen molar-refractivity contribution < 1.29 is 17.6 Å². The van der Waals surface area contributed by atoms with E-state index in [0.717, 1.165) is 0 Å². The second kappa shape index (κ2) is 6.93. The molecule has 25 heavy (non-hydrogen) atoms. The predicted octanol–water partition coefficient (Wildman–Crippen LogP) is 3.46. The highest BCUT2D eigenvalue weighted by Crippen LogP contribution is 2.19. The average molecular weight is 364 g/mol. The van der Waals surface area contributed by atoms with E-state index >= 15 is 0 Å². The van der Waals surface area contributed by atoms with Crippen molar-refractivity contribution in [1.82, 2.24) is 4.72 Å². The number of hydrogen-bond acceptors (Lipinski definition) is 3. The zero-order chi connectivity index (χ0) is 18.8. The van der Waals surface area contributed by atoms with Gasteiger partial charge in [-0.3, -0.25) is 4.79 Å². The molecule has 2 N–H and O–H groups in total. The van der Waals surface area contributed by atoms with E-state index in [4.69, 9.17) is 0 Å². The molecule has 2 aromatic rings. The van der Waals surface area contributed by atoms with Crippen molar-refractivity contribution in [1.29, 1.82) is 0 Å². The van der Waals surface area contributed by atoms with Crippen LogP contribution in [0.25, 0.3) is 0 Å². The van der Waals surface area contributed by atoms with Crippen LogP contribution in [0.2, 0.25) is 0 Å². The van der Waals surface area contributed by atoms with Gasteiger partial charge in [-0.15, -0.1) is 0 Å². The van der Waals surface area contributed by atoms with Crippen molar-refractivity contribution in [3.8, 4) is 0 Å². The lowest BCUT2D eigenvalue weighted by Gasteiger charge is -2.20. The molecule has 0 atom stereocenters. The molecule has 0 heterocycles. The Kier molecular flexibility index (Phi) is 5.29. The first-order chi connectivity index (χ1) is 11.5. The smallest absolute Gasteiger partial charge is 0.258 e. The number of nitrogens with one attached hydrogen (secondary N) is 2. The predicted molar refractivity (Wildman–Crippen MR) is 95.6 cm³/mol. The van der Waals surface area contributed by atoms with E-state index in [1.807, 2.05) is 0 Å². The Morgan fingerprint density at radius 2 is 1.76 bits per heavy atom. The summed E-state index contributed by atoms with van der Waals surface area (Å²) < 4.78 is 41.2. The fraction of sp³-hybridized carbons (Fsp3) is 0.278. The Hall–Kier alpha value is -2.25. The van der Waals surface area contributed by atoms with Gasteiger partial charge in [0.1, 0.15) is 5.82 Å². The fourth-order valence-corrected chi connectivity index (χ4v) is 3.67. The number of aryl methyl sites for hydroxylation is 1. The quantitative estimate of drug-likeness (QED) is 0.872. The van der Waals surface area contributed by atoms with E-state index in [1.165, 1.54) is 30.3 Å². The van der Waals surface area contributed by atoms with Gasteiger partial charge >= 0.3 is 0 Å². The first-order valence-electron chi connectivity index (χ1n) is 7.69. The molecule has 0 aliphatic rings. The minimum atomic E-state index is -3.73. The molecule has 0 fully saturated rings. The molecule has 0 radical (unpaired) electrons. The Morgan fingerprint density at radius 3 is 2.36 bits per heavy atom. The van der Waals surface area contributed by atoms with E-state index in [-0.39, 0.29) is 16.1 Å². The maximum absolute atomic E-state index is 13.9. The number of sulfonamides is 1. The van der Waals surface area contributed by atoms with E-state index in [0.29, 0.717) is 5.56 Å². The van der Waals surface area contributed by atoms with Gasteiger partial charge in [-0.1, -0.05) is 12.1 Å². The van der Waals surface area contributed by atoms with Crippen LogP contribution in [0.1, 0.15) is 36.7 Å². The van der Waals surface area contributed by atoms with Crippen LogP contribution in [0.5, 0.6) is 0 Å². The van der Waals surface area contributed by atoms with Gasteiger partial charge in [0.15, 0.2) is 0 Å². The van der Waals surface area contributed by atoms with Crippen LogP contribution in [0.15, 0.2) is 47.4 Å². The zero-order valence-electron chi connectivity index (χ0n) is 14.6. The third-order valence-corrected chi connectivity index (χ3v) is 4.97. The largest absolute Gasteiger partial charge is 0.322 e. The van der Waals surface area contributed by atoms with Gasteiger partial charge < -0.3 is 5.32 Å². The lowest BCUT2D eigenvalue weighted by atomic mass is 10.1. The van der Waals surface area contributed by atoms with Gasteiger partial charge in [0.05, 0.1) is 10.5 Å². The molecule has 1 amide bonds. The standard InChI is InChI=1S/C18H21FN2O3S/c1-12-8-9-15(16(19)10-12)17(22)20-13-6-5-7-14(11-13)25(23,24)21-18(2,3)4/h5-11,21H,1-4H3,(H,20,22). The molecule has 7 heteroatoms. The Morgan fingerprint density at radius 1 is 1.08 bits per heavy atom. The highest BCUT2D eigenvalue weighted by atomic mass is 32.2. The van der Waals surface area contributed by atoms with Gasteiger partial charge in [0, 0.05) is 11.2 Å². The van der Waals surface area contributed by atoms with E-state index in [9.17, 15) is 17.6 Å². The summed E-state index contributed by atoms with van der Waals surface area (Å²) in [4.78, 5) is 12.2. The van der Waals surface area contributed by atoms with Crippen LogP contribution in [-0.4, -0.2) is 19.9 Å². The molecule has 2 rings (SSSR count). The normalized spacial score (nSPS) is 12.0. The highest BCUT2D eigenvalue weighted by molar-refractivity contribution is 7.89. The molecule has 0 aliphatic heterocycles. The van der Waals surface area contributed by atoms with Gasteiger partial charge in [-0.05, 0) is 63.6 Å².